The maximum Gasteiger partial charge on any atom is 0.303 e. The number of hydrogen-bond donors (Lipinski definition) is 4. The lowest BCUT2D eigenvalue weighted by molar-refractivity contribution is -0.469. The molecule has 2 aliphatic heterocycles. The second-order valence-corrected chi connectivity index (χ2v) is 11.9. The third-order valence-corrected chi connectivity index (χ3v) is 10.1. The normalized spacial score (nSPS) is 53.7. The Labute approximate surface area is 193 Å². The van der Waals surface area contributed by atoms with Gasteiger partial charge in [-0.25, -0.2) is 0 Å². The number of carbonyl (C=O) groups is 2. The van der Waals surface area contributed by atoms with E-state index >= 15 is 0 Å². The number of hydrogen-bond acceptors (Lipinski definition) is 9. The van der Waals surface area contributed by atoms with E-state index in [0.717, 1.165) is 19.3 Å². The molecule has 0 aromatic heterocycles. The van der Waals surface area contributed by atoms with Crippen LogP contribution in [0.5, 0.6) is 0 Å². The molecule has 6 fully saturated rings. The number of aliphatic hydroxyl groups is 4. The van der Waals surface area contributed by atoms with Gasteiger partial charge in [0.05, 0.1) is 18.1 Å². The van der Waals surface area contributed by atoms with Crippen molar-refractivity contribution in [3.05, 3.63) is 0 Å². The Balaban J connectivity index is 1.72. The standard InChI is InChI=1S/C24H36O9/c1-12(25)31-11-22(29)14-6-7-15-21-9-5-8-20(3,4)16(21)18(33-13(2)26)24(30,32-10-21)23(15,17(14)27)19(22)28/h14-19,27-30H,5-11H2,1-4H3/t14-,15-,16-,17-,18+,19+,21-,22+,23-,24-/m1/s1. The van der Waals surface area contributed by atoms with Crippen LogP contribution in [0.4, 0.5) is 0 Å². The highest BCUT2D eigenvalue weighted by molar-refractivity contribution is 5.66. The van der Waals surface area contributed by atoms with Gasteiger partial charge >= 0.3 is 11.9 Å². The zero-order valence-electron chi connectivity index (χ0n) is 19.7. The van der Waals surface area contributed by atoms with Gasteiger partial charge in [-0.15, -0.1) is 0 Å². The molecule has 33 heavy (non-hydrogen) atoms. The highest BCUT2D eigenvalue weighted by Crippen LogP contribution is 2.78. The fourth-order valence-electron chi connectivity index (χ4n) is 9.18. The molecule has 6 aliphatic rings. The minimum absolute atomic E-state index is 0.230. The molecule has 4 saturated carbocycles. The average molecular weight is 469 g/mol. The molecule has 6 rings (SSSR count). The summed E-state index contributed by atoms with van der Waals surface area (Å²) in [4.78, 5) is 23.7. The number of ether oxygens (including phenoxy) is 3. The third-order valence-electron chi connectivity index (χ3n) is 10.1. The van der Waals surface area contributed by atoms with Crippen LogP contribution in [0.25, 0.3) is 0 Å². The molecule has 4 N–H and O–H groups in total. The number of rotatable bonds is 3. The van der Waals surface area contributed by atoms with Crippen LogP contribution in [0.3, 0.4) is 0 Å². The van der Waals surface area contributed by atoms with E-state index in [1.807, 2.05) is 0 Å². The molecule has 2 saturated heterocycles. The first kappa shape index (κ1) is 23.5. The fourth-order valence-corrected chi connectivity index (χ4v) is 9.18. The topological polar surface area (TPSA) is 143 Å². The fraction of sp³-hybridized carbons (Fsp3) is 0.917. The van der Waals surface area contributed by atoms with Crippen molar-refractivity contribution in [3.8, 4) is 0 Å². The van der Waals surface area contributed by atoms with Gasteiger partial charge in [-0.1, -0.05) is 20.3 Å². The highest BCUT2D eigenvalue weighted by atomic mass is 16.7. The maximum atomic E-state index is 12.3. The van der Waals surface area contributed by atoms with Crippen LogP contribution in [-0.4, -0.2) is 75.3 Å². The minimum Gasteiger partial charge on any atom is -0.463 e. The van der Waals surface area contributed by atoms with Crippen LogP contribution in [0, 0.1) is 34.0 Å². The predicted molar refractivity (Wildman–Crippen MR) is 112 cm³/mol. The van der Waals surface area contributed by atoms with Crippen molar-refractivity contribution in [1.82, 2.24) is 0 Å². The zero-order chi connectivity index (χ0) is 24.2. The summed E-state index contributed by atoms with van der Waals surface area (Å²) < 4.78 is 17.0. The third kappa shape index (κ3) is 2.55. The van der Waals surface area contributed by atoms with Gasteiger partial charge in [-0.3, -0.25) is 9.59 Å². The molecule has 0 amide bonds. The van der Waals surface area contributed by atoms with E-state index in [0.29, 0.717) is 12.8 Å². The van der Waals surface area contributed by atoms with E-state index in [1.165, 1.54) is 13.8 Å². The molecule has 0 unspecified atom stereocenters. The summed E-state index contributed by atoms with van der Waals surface area (Å²) in [5.41, 5.74) is -4.48. The lowest BCUT2D eigenvalue weighted by Crippen LogP contribution is -2.84. The van der Waals surface area contributed by atoms with E-state index < -0.39 is 65.0 Å². The summed E-state index contributed by atoms with van der Waals surface area (Å²) in [5.74, 6) is -4.85. The van der Waals surface area contributed by atoms with Crippen LogP contribution < -0.4 is 0 Å². The number of esters is 2. The first-order valence-corrected chi connectivity index (χ1v) is 12.0. The van der Waals surface area contributed by atoms with Crippen molar-refractivity contribution in [1.29, 1.82) is 0 Å². The molecular weight excluding hydrogens is 432 g/mol. The molecule has 186 valence electrons. The van der Waals surface area contributed by atoms with Gasteiger partial charge in [0.2, 0.25) is 5.79 Å². The van der Waals surface area contributed by atoms with Gasteiger partial charge in [-0.2, -0.15) is 0 Å². The molecule has 0 aromatic carbocycles. The van der Waals surface area contributed by atoms with E-state index in [-0.39, 0.29) is 23.9 Å². The van der Waals surface area contributed by atoms with E-state index in [9.17, 15) is 30.0 Å². The van der Waals surface area contributed by atoms with Crippen LogP contribution in [-0.2, 0) is 23.8 Å². The molecule has 9 heteroatoms. The summed E-state index contributed by atoms with van der Waals surface area (Å²) in [6.45, 7) is 6.42. The predicted octanol–water partition coefficient (Wildman–Crippen LogP) is 0.505. The molecule has 2 spiro atoms. The smallest absolute Gasteiger partial charge is 0.303 e. The van der Waals surface area contributed by atoms with Gasteiger partial charge in [0.25, 0.3) is 0 Å². The average Bonchev–Trinajstić information content (AvgIpc) is 2.80. The summed E-state index contributed by atoms with van der Waals surface area (Å²) in [5, 5.41) is 47.4. The monoisotopic (exact) mass is 468 g/mol. The molecule has 10 atom stereocenters. The lowest BCUT2D eigenvalue weighted by Gasteiger charge is -2.75. The van der Waals surface area contributed by atoms with Gasteiger partial charge < -0.3 is 34.6 Å². The van der Waals surface area contributed by atoms with Crippen molar-refractivity contribution in [3.63, 3.8) is 0 Å². The Hall–Kier alpha value is -1.26. The van der Waals surface area contributed by atoms with E-state index in [1.54, 1.807) is 0 Å². The number of carbonyl (C=O) groups excluding carboxylic acids is 2. The summed E-state index contributed by atoms with van der Waals surface area (Å²) >= 11 is 0. The Kier molecular flexibility index (Phi) is 4.91. The summed E-state index contributed by atoms with van der Waals surface area (Å²) in [6.07, 6.45) is -0.601. The Morgan fingerprint density at radius 3 is 2.39 bits per heavy atom. The Morgan fingerprint density at radius 1 is 1.06 bits per heavy atom. The van der Waals surface area contributed by atoms with Crippen molar-refractivity contribution >= 4 is 11.9 Å². The van der Waals surface area contributed by atoms with Crippen molar-refractivity contribution < 1.29 is 44.2 Å². The lowest BCUT2D eigenvalue weighted by atomic mass is 9.36. The quantitative estimate of drug-likeness (QED) is 0.436. The summed E-state index contributed by atoms with van der Waals surface area (Å²) in [6, 6.07) is 0. The van der Waals surface area contributed by atoms with Crippen molar-refractivity contribution in [2.24, 2.45) is 34.0 Å². The first-order chi connectivity index (χ1) is 15.3. The highest BCUT2D eigenvalue weighted by Gasteiger charge is 2.89. The van der Waals surface area contributed by atoms with E-state index in [2.05, 4.69) is 13.8 Å². The number of aliphatic hydroxyl groups excluding tert-OH is 2. The molecule has 9 nitrogen and oxygen atoms in total. The molecule has 0 radical (unpaired) electrons. The van der Waals surface area contributed by atoms with Crippen LogP contribution in [0.1, 0.15) is 59.8 Å². The molecular formula is C24H36O9. The van der Waals surface area contributed by atoms with Gasteiger partial charge in [0.15, 0.2) is 6.10 Å². The molecule has 2 heterocycles. The van der Waals surface area contributed by atoms with Gasteiger partial charge in [0.1, 0.15) is 18.3 Å². The molecule has 0 aromatic rings. The first-order valence-electron chi connectivity index (χ1n) is 12.0. The number of fused-ring (bicyclic) bond motifs is 2. The molecule has 4 aliphatic carbocycles. The van der Waals surface area contributed by atoms with Gasteiger partial charge in [0, 0.05) is 31.1 Å². The zero-order valence-corrected chi connectivity index (χ0v) is 19.7. The van der Waals surface area contributed by atoms with Crippen molar-refractivity contribution in [2.45, 2.75) is 89.5 Å². The van der Waals surface area contributed by atoms with Gasteiger partial charge in [-0.05, 0) is 37.0 Å². The van der Waals surface area contributed by atoms with Crippen LogP contribution >= 0.6 is 0 Å². The van der Waals surface area contributed by atoms with Crippen molar-refractivity contribution in [2.75, 3.05) is 13.2 Å². The summed E-state index contributed by atoms with van der Waals surface area (Å²) in [7, 11) is 0. The Bertz CT molecular complexity index is 874. The largest absolute Gasteiger partial charge is 0.463 e. The van der Waals surface area contributed by atoms with E-state index in [4.69, 9.17) is 14.2 Å². The SMILES string of the molecule is CC(=O)OC[C@]1(O)[C@@H]2CC[C@@H]3[C@]45CCCC(C)(C)[C@H]4[C@H](OC(C)=O)[C@@](O)(OC5)[C@]3([C@@H]2O)[C@H]1O. The van der Waals surface area contributed by atoms with Crippen LogP contribution in [0.2, 0.25) is 0 Å². The second-order valence-electron chi connectivity index (χ2n) is 11.9. The molecule has 4 bridgehead atoms. The Morgan fingerprint density at radius 2 is 1.76 bits per heavy atom. The maximum absolute atomic E-state index is 12.3. The van der Waals surface area contributed by atoms with Crippen LogP contribution in [0.15, 0.2) is 0 Å². The minimum atomic E-state index is -2.21. The second kappa shape index (κ2) is 6.91.